The van der Waals surface area contributed by atoms with Crippen molar-refractivity contribution in [2.75, 3.05) is 0 Å². The van der Waals surface area contributed by atoms with Crippen LogP contribution in [0.4, 0.5) is 0 Å². The summed E-state index contributed by atoms with van der Waals surface area (Å²) in [5.74, 6) is 0. The highest BCUT2D eigenvalue weighted by atomic mass is 28.3. The van der Waals surface area contributed by atoms with Crippen LogP contribution in [0, 0.1) is 0 Å². The third-order valence-corrected chi connectivity index (χ3v) is 10.6. The summed E-state index contributed by atoms with van der Waals surface area (Å²) >= 11 is 0. The minimum atomic E-state index is -2.30. The van der Waals surface area contributed by atoms with Crippen molar-refractivity contribution in [3.05, 3.63) is 115 Å². The maximum Gasteiger partial charge on any atom is 0.180 e. The molecule has 1 heteroatoms. The second-order valence-electron chi connectivity index (χ2n) is 7.03. The van der Waals surface area contributed by atoms with Gasteiger partial charge in [0.15, 0.2) is 8.07 Å². The molecule has 0 spiro atoms. The molecule has 128 valence electrons. The van der Waals surface area contributed by atoms with Gasteiger partial charge in [0, 0.05) is 0 Å². The third kappa shape index (κ3) is 2.22. The van der Waals surface area contributed by atoms with Crippen molar-refractivity contribution in [3.63, 3.8) is 0 Å². The van der Waals surface area contributed by atoms with Crippen LogP contribution < -0.4 is 20.7 Å². The Morgan fingerprint density at radius 1 is 0.519 bits per heavy atom. The molecule has 0 aliphatic carbocycles. The quantitative estimate of drug-likeness (QED) is 0.431. The maximum atomic E-state index is 3.92. The first-order valence-electron chi connectivity index (χ1n) is 9.33. The van der Waals surface area contributed by atoms with Crippen molar-refractivity contribution in [1.29, 1.82) is 0 Å². The fraction of sp³-hybridized carbons (Fsp3) is 0. The van der Waals surface area contributed by atoms with E-state index in [1.807, 2.05) is 6.08 Å². The van der Waals surface area contributed by atoms with E-state index in [0.717, 1.165) is 5.56 Å². The molecule has 0 radical (unpaired) electrons. The average molecular weight is 361 g/mol. The molecular formula is C26H20Si. The molecule has 0 nitrogen and oxygen atoms in total. The minimum absolute atomic E-state index is 1.16. The third-order valence-electron chi connectivity index (χ3n) is 5.74. The van der Waals surface area contributed by atoms with Gasteiger partial charge in [0.2, 0.25) is 0 Å². The smallest absolute Gasteiger partial charge is 0.0985 e. The number of hydrogen-bond donors (Lipinski definition) is 0. The zero-order chi connectivity index (χ0) is 18.3. The first-order chi connectivity index (χ1) is 13.4. The van der Waals surface area contributed by atoms with E-state index < -0.39 is 8.07 Å². The SMILES string of the molecule is C=Cc1ccc([Si]2(c3ccccc3)c3ccccc3-c3ccccc32)cc1. The lowest BCUT2D eigenvalue weighted by molar-refractivity contribution is 1.67. The lowest BCUT2D eigenvalue weighted by atomic mass is 10.1. The molecule has 1 aliphatic heterocycles. The summed E-state index contributed by atoms with van der Waals surface area (Å²) in [6.07, 6.45) is 1.91. The molecule has 0 saturated carbocycles. The van der Waals surface area contributed by atoms with Gasteiger partial charge in [0.25, 0.3) is 0 Å². The van der Waals surface area contributed by atoms with Crippen LogP contribution in [0.15, 0.2) is 110 Å². The monoisotopic (exact) mass is 360 g/mol. The Kier molecular flexibility index (Phi) is 3.70. The Morgan fingerprint density at radius 2 is 1.00 bits per heavy atom. The van der Waals surface area contributed by atoms with E-state index in [-0.39, 0.29) is 0 Å². The van der Waals surface area contributed by atoms with E-state index in [1.54, 1.807) is 0 Å². The molecule has 0 saturated heterocycles. The molecule has 0 bridgehead atoms. The molecule has 5 rings (SSSR count). The van der Waals surface area contributed by atoms with E-state index in [1.165, 1.54) is 31.9 Å². The molecule has 0 atom stereocenters. The van der Waals surface area contributed by atoms with E-state index in [0.29, 0.717) is 0 Å². The Morgan fingerprint density at radius 3 is 1.56 bits per heavy atom. The van der Waals surface area contributed by atoms with E-state index in [9.17, 15) is 0 Å². The van der Waals surface area contributed by atoms with Crippen LogP contribution in [0.5, 0.6) is 0 Å². The molecule has 4 aromatic carbocycles. The number of fused-ring (bicyclic) bond motifs is 3. The van der Waals surface area contributed by atoms with Crippen LogP contribution in [-0.4, -0.2) is 8.07 Å². The molecule has 1 aliphatic rings. The summed E-state index contributed by atoms with van der Waals surface area (Å²) in [4.78, 5) is 0. The average Bonchev–Trinajstić information content (AvgIpc) is 3.06. The standard InChI is InChI=1S/C26H20Si/c1-2-20-16-18-22(19-17-20)27(21-10-4-3-5-11-21)25-14-8-6-12-23(25)24-13-7-9-15-26(24)27/h2-19H,1H2. The van der Waals surface area contributed by atoms with E-state index in [4.69, 9.17) is 0 Å². The van der Waals surface area contributed by atoms with Crippen molar-refractivity contribution in [3.8, 4) is 11.1 Å². The Bertz CT molecular complexity index is 1080. The number of benzene rings is 4. The number of rotatable bonds is 3. The van der Waals surface area contributed by atoms with Crippen LogP contribution in [0.1, 0.15) is 5.56 Å². The van der Waals surface area contributed by atoms with E-state index >= 15 is 0 Å². The van der Waals surface area contributed by atoms with Gasteiger partial charge in [0.1, 0.15) is 0 Å². The molecule has 1 heterocycles. The van der Waals surface area contributed by atoms with Crippen molar-refractivity contribution in [2.45, 2.75) is 0 Å². The van der Waals surface area contributed by atoms with Gasteiger partial charge in [-0.15, -0.1) is 0 Å². The van der Waals surface area contributed by atoms with Gasteiger partial charge in [-0.05, 0) is 37.4 Å². The van der Waals surface area contributed by atoms with Gasteiger partial charge in [-0.2, -0.15) is 0 Å². The summed E-state index contributed by atoms with van der Waals surface area (Å²) in [5.41, 5.74) is 3.93. The van der Waals surface area contributed by atoms with Gasteiger partial charge in [-0.1, -0.05) is 116 Å². The highest BCUT2D eigenvalue weighted by molar-refractivity contribution is 7.22. The predicted molar refractivity (Wildman–Crippen MR) is 119 cm³/mol. The maximum absolute atomic E-state index is 3.92. The van der Waals surface area contributed by atoms with Crippen LogP contribution in [0.3, 0.4) is 0 Å². The Hall–Kier alpha value is -3.16. The second-order valence-corrected chi connectivity index (χ2v) is 10.8. The largest absolute Gasteiger partial charge is 0.180 e. The summed E-state index contributed by atoms with van der Waals surface area (Å²) in [7, 11) is -2.30. The van der Waals surface area contributed by atoms with Gasteiger partial charge < -0.3 is 0 Å². The molecule has 0 N–H and O–H groups in total. The lowest BCUT2D eigenvalue weighted by Crippen LogP contribution is -2.72. The van der Waals surface area contributed by atoms with Crippen LogP contribution >= 0.6 is 0 Å². The van der Waals surface area contributed by atoms with Gasteiger partial charge >= 0.3 is 0 Å². The van der Waals surface area contributed by atoms with Gasteiger partial charge in [-0.25, -0.2) is 0 Å². The predicted octanol–water partition coefficient (Wildman–Crippen LogP) is 3.69. The normalized spacial score (nSPS) is 13.6. The first kappa shape index (κ1) is 16.0. The summed E-state index contributed by atoms with van der Waals surface area (Å²) in [6, 6.07) is 38.0. The van der Waals surface area contributed by atoms with Crippen molar-refractivity contribution < 1.29 is 0 Å². The molecule has 27 heavy (non-hydrogen) atoms. The highest BCUT2D eigenvalue weighted by Gasteiger charge is 2.48. The molecule has 0 aromatic heterocycles. The van der Waals surface area contributed by atoms with E-state index in [2.05, 4.69) is 110 Å². The topological polar surface area (TPSA) is 0 Å². The van der Waals surface area contributed by atoms with Gasteiger partial charge in [-0.3, -0.25) is 0 Å². The highest BCUT2D eigenvalue weighted by Crippen LogP contribution is 2.28. The summed E-state index contributed by atoms with van der Waals surface area (Å²) in [6.45, 7) is 3.92. The summed E-state index contributed by atoms with van der Waals surface area (Å²) < 4.78 is 0. The fourth-order valence-corrected chi connectivity index (χ4v) is 9.74. The summed E-state index contributed by atoms with van der Waals surface area (Å²) in [5, 5.41) is 5.85. The minimum Gasteiger partial charge on any atom is -0.0985 e. The number of hydrogen-bond acceptors (Lipinski definition) is 0. The second kappa shape index (κ2) is 6.22. The zero-order valence-electron chi connectivity index (χ0n) is 15.1. The van der Waals surface area contributed by atoms with Gasteiger partial charge in [0.05, 0.1) is 0 Å². The molecule has 0 fully saturated rings. The Balaban J connectivity index is 1.93. The van der Waals surface area contributed by atoms with Crippen LogP contribution in [0.2, 0.25) is 0 Å². The molecular weight excluding hydrogens is 340 g/mol. The van der Waals surface area contributed by atoms with Crippen molar-refractivity contribution >= 4 is 34.9 Å². The molecule has 0 amide bonds. The van der Waals surface area contributed by atoms with Crippen molar-refractivity contribution in [1.82, 2.24) is 0 Å². The van der Waals surface area contributed by atoms with Crippen LogP contribution in [0.25, 0.3) is 17.2 Å². The van der Waals surface area contributed by atoms with Crippen molar-refractivity contribution in [2.24, 2.45) is 0 Å². The van der Waals surface area contributed by atoms with Crippen LogP contribution in [-0.2, 0) is 0 Å². The zero-order valence-corrected chi connectivity index (χ0v) is 16.1. The lowest BCUT2D eigenvalue weighted by Gasteiger charge is -2.31. The molecule has 4 aromatic rings. The Labute approximate surface area is 161 Å². The first-order valence-corrected chi connectivity index (χ1v) is 11.3. The molecule has 0 unspecified atom stereocenters. The fourth-order valence-electron chi connectivity index (χ4n) is 4.58.